The zero-order valence-corrected chi connectivity index (χ0v) is 12.7. The van der Waals surface area contributed by atoms with E-state index in [9.17, 15) is 9.90 Å². The molecule has 1 saturated carbocycles. The number of benzene rings is 1. The second-order valence-electron chi connectivity index (χ2n) is 6.11. The molecule has 2 rings (SSSR count). The number of carbonyl (C=O) groups is 1. The molecule has 1 aromatic rings. The number of aliphatic hydroxyl groups is 1. The fourth-order valence-corrected chi connectivity index (χ4v) is 2.90. The van der Waals surface area contributed by atoms with Crippen LogP contribution in [-0.4, -0.2) is 29.7 Å². The normalized spacial score (nSPS) is 23.5. The molecule has 0 spiro atoms. The predicted octanol–water partition coefficient (Wildman–Crippen LogP) is 2.54. The molecule has 4 nitrogen and oxygen atoms in total. The monoisotopic (exact) mass is 290 g/mol. The van der Waals surface area contributed by atoms with Crippen molar-refractivity contribution in [2.45, 2.75) is 51.2 Å². The van der Waals surface area contributed by atoms with E-state index < -0.39 is 0 Å². The summed E-state index contributed by atoms with van der Waals surface area (Å²) >= 11 is 0. The first-order chi connectivity index (χ1) is 10.1. The van der Waals surface area contributed by atoms with Gasteiger partial charge in [-0.15, -0.1) is 0 Å². The number of amides is 1. The summed E-state index contributed by atoms with van der Waals surface area (Å²) in [5, 5.41) is 16.0. The van der Waals surface area contributed by atoms with Gasteiger partial charge < -0.3 is 15.7 Å². The highest BCUT2D eigenvalue weighted by Crippen LogP contribution is 2.23. The smallest absolute Gasteiger partial charge is 0.225 e. The highest BCUT2D eigenvalue weighted by atomic mass is 16.3. The molecule has 21 heavy (non-hydrogen) atoms. The highest BCUT2D eigenvalue weighted by molar-refractivity contribution is 5.90. The van der Waals surface area contributed by atoms with E-state index in [-0.39, 0.29) is 18.1 Å². The molecule has 3 atom stereocenters. The van der Waals surface area contributed by atoms with Crippen LogP contribution >= 0.6 is 0 Å². The molecule has 3 unspecified atom stereocenters. The largest absolute Gasteiger partial charge is 0.393 e. The standard InChI is InChI=1S/C17H26N2O2/c1-13(18-12-14-6-5-9-16(20)11-14)10-17(21)19-15-7-3-2-4-8-15/h2-4,7-8,13-14,16,18,20H,5-6,9-12H2,1H3,(H,19,21). The number of hydrogen-bond donors (Lipinski definition) is 3. The molecule has 1 aliphatic carbocycles. The van der Waals surface area contributed by atoms with Crippen molar-refractivity contribution in [2.24, 2.45) is 5.92 Å². The van der Waals surface area contributed by atoms with E-state index in [2.05, 4.69) is 10.6 Å². The van der Waals surface area contributed by atoms with Crippen LogP contribution in [0.2, 0.25) is 0 Å². The molecule has 0 saturated heterocycles. The maximum atomic E-state index is 11.9. The van der Waals surface area contributed by atoms with E-state index in [0.29, 0.717) is 12.3 Å². The number of para-hydroxylation sites is 1. The molecule has 4 heteroatoms. The predicted molar refractivity (Wildman–Crippen MR) is 85.1 cm³/mol. The molecular formula is C17H26N2O2. The van der Waals surface area contributed by atoms with Crippen molar-refractivity contribution in [1.29, 1.82) is 0 Å². The fraction of sp³-hybridized carbons (Fsp3) is 0.588. The van der Waals surface area contributed by atoms with E-state index >= 15 is 0 Å². The van der Waals surface area contributed by atoms with Crippen LogP contribution in [-0.2, 0) is 4.79 Å². The maximum absolute atomic E-state index is 11.9. The first-order valence-electron chi connectivity index (χ1n) is 7.90. The minimum absolute atomic E-state index is 0.0323. The molecule has 1 amide bonds. The Morgan fingerprint density at radius 2 is 2.10 bits per heavy atom. The number of aliphatic hydroxyl groups excluding tert-OH is 1. The van der Waals surface area contributed by atoms with Crippen LogP contribution in [0.25, 0.3) is 0 Å². The van der Waals surface area contributed by atoms with E-state index in [4.69, 9.17) is 0 Å². The van der Waals surface area contributed by atoms with Crippen LogP contribution in [0.4, 0.5) is 5.69 Å². The molecular weight excluding hydrogens is 264 g/mol. The minimum atomic E-state index is -0.137. The van der Waals surface area contributed by atoms with Crippen molar-refractivity contribution in [3.63, 3.8) is 0 Å². The van der Waals surface area contributed by atoms with Crippen molar-refractivity contribution in [1.82, 2.24) is 5.32 Å². The summed E-state index contributed by atoms with van der Waals surface area (Å²) in [5.74, 6) is 0.568. The van der Waals surface area contributed by atoms with Crippen molar-refractivity contribution in [2.75, 3.05) is 11.9 Å². The van der Waals surface area contributed by atoms with Crippen LogP contribution in [0.3, 0.4) is 0 Å². The van der Waals surface area contributed by atoms with Crippen LogP contribution in [0.1, 0.15) is 39.0 Å². The van der Waals surface area contributed by atoms with E-state index in [1.807, 2.05) is 37.3 Å². The van der Waals surface area contributed by atoms with Gasteiger partial charge in [-0.05, 0) is 50.8 Å². The first-order valence-corrected chi connectivity index (χ1v) is 7.90. The van der Waals surface area contributed by atoms with Gasteiger partial charge in [-0.3, -0.25) is 4.79 Å². The summed E-state index contributed by atoms with van der Waals surface area (Å²) < 4.78 is 0. The summed E-state index contributed by atoms with van der Waals surface area (Å²) in [4.78, 5) is 11.9. The summed E-state index contributed by atoms with van der Waals surface area (Å²) in [6.07, 6.45) is 4.43. The van der Waals surface area contributed by atoms with Gasteiger partial charge in [0.25, 0.3) is 0 Å². The van der Waals surface area contributed by atoms with Crippen molar-refractivity contribution < 1.29 is 9.90 Å². The second-order valence-corrected chi connectivity index (χ2v) is 6.11. The van der Waals surface area contributed by atoms with Gasteiger partial charge in [0.15, 0.2) is 0 Å². The molecule has 1 fully saturated rings. The number of carbonyl (C=O) groups excluding carboxylic acids is 1. The van der Waals surface area contributed by atoms with Crippen molar-refractivity contribution in [3.8, 4) is 0 Å². The highest BCUT2D eigenvalue weighted by Gasteiger charge is 2.20. The topological polar surface area (TPSA) is 61.4 Å². The van der Waals surface area contributed by atoms with Gasteiger partial charge in [-0.25, -0.2) is 0 Å². The summed E-state index contributed by atoms with van der Waals surface area (Å²) in [6.45, 7) is 2.92. The molecule has 0 aliphatic heterocycles. The Bertz CT molecular complexity index is 436. The lowest BCUT2D eigenvalue weighted by Crippen LogP contribution is -2.36. The van der Waals surface area contributed by atoms with Crippen molar-refractivity contribution >= 4 is 11.6 Å². The zero-order chi connectivity index (χ0) is 15.1. The molecule has 1 aromatic carbocycles. The summed E-state index contributed by atoms with van der Waals surface area (Å²) in [6, 6.07) is 9.67. The van der Waals surface area contributed by atoms with Crippen molar-refractivity contribution in [3.05, 3.63) is 30.3 Å². The lowest BCUT2D eigenvalue weighted by molar-refractivity contribution is -0.116. The zero-order valence-electron chi connectivity index (χ0n) is 12.7. The third-order valence-electron chi connectivity index (χ3n) is 4.06. The van der Waals surface area contributed by atoms with Crippen LogP contribution < -0.4 is 10.6 Å². The molecule has 3 N–H and O–H groups in total. The Morgan fingerprint density at radius 3 is 2.81 bits per heavy atom. The van der Waals surface area contributed by atoms with Gasteiger partial charge in [-0.1, -0.05) is 24.6 Å². The van der Waals surface area contributed by atoms with Gasteiger partial charge in [-0.2, -0.15) is 0 Å². The Hall–Kier alpha value is -1.39. The molecule has 1 aliphatic rings. The quantitative estimate of drug-likeness (QED) is 0.754. The van der Waals surface area contributed by atoms with Gasteiger partial charge in [0, 0.05) is 18.2 Å². The minimum Gasteiger partial charge on any atom is -0.393 e. The second kappa shape index (κ2) is 8.15. The summed E-state index contributed by atoms with van der Waals surface area (Å²) in [7, 11) is 0. The Kier molecular flexibility index (Phi) is 6.21. The first kappa shape index (κ1) is 16.0. The Balaban J connectivity index is 1.66. The third-order valence-corrected chi connectivity index (χ3v) is 4.06. The lowest BCUT2D eigenvalue weighted by atomic mass is 9.87. The third kappa shape index (κ3) is 5.86. The fourth-order valence-electron chi connectivity index (χ4n) is 2.90. The van der Waals surface area contributed by atoms with E-state index in [1.54, 1.807) is 0 Å². The lowest BCUT2D eigenvalue weighted by Gasteiger charge is -2.27. The number of anilines is 1. The average molecular weight is 290 g/mol. The molecule has 116 valence electrons. The average Bonchev–Trinajstić information content (AvgIpc) is 2.46. The molecule has 0 radical (unpaired) electrons. The SMILES string of the molecule is CC(CC(=O)Nc1ccccc1)NCC1CCCC(O)C1. The molecule has 0 aromatic heterocycles. The molecule has 0 bridgehead atoms. The number of rotatable bonds is 6. The summed E-state index contributed by atoms with van der Waals surface area (Å²) in [5.41, 5.74) is 0.838. The number of hydrogen-bond acceptors (Lipinski definition) is 3. The van der Waals surface area contributed by atoms with Gasteiger partial charge in [0.1, 0.15) is 0 Å². The van der Waals surface area contributed by atoms with Crippen LogP contribution in [0.5, 0.6) is 0 Å². The Morgan fingerprint density at radius 1 is 1.33 bits per heavy atom. The van der Waals surface area contributed by atoms with Crippen LogP contribution in [0, 0.1) is 5.92 Å². The van der Waals surface area contributed by atoms with Crippen LogP contribution in [0.15, 0.2) is 30.3 Å². The van der Waals surface area contributed by atoms with Gasteiger partial charge in [0.05, 0.1) is 6.10 Å². The molecule has 0 heterocycles. The van der Waals surface area contributed by atoms with Gasteiger partial charge >= 0.3 is 0 Å². The van der Waals surface area contributed by atoms with E-state index in [1.165, 1.54) is 6.42 Å². The van der Waals surface area contributed by atoms with E-state index in [0.717, 1.165) is 31.5 Å². The number of nitrogens with one attached hydrogen (secondary N) is 2. The Labute approximate surface area is 126 Å². The maximum Gasteiger partial charge on any atom is 0.225 e. The van der Waals surface area contributed by atoms with Gasteiger partial charge in [0.2, 0.25) is 5.91 Å².